The van der Waals surface area contributed by atoms with Crippen LogP contribution in [-0.4, -0.2) is 38.8 Å². The van der Waals surface area contributed by atoms with E-state index in [0.29, 0.717) is 6.54 Å². The summed E-state index contributed by atoms with van der Waals surface area (Å²) in [6.07, 6.45) is 7.74. The van der Waals surface area contributed by atoms with E-state index in [1.807, 2.05) is 0 Å². The van der Waals surface area contributed by atoms with Gasteiger partial charge in [0, 0.05) is 43.2 Å². The molecular weight excluding hydrogens is 477 g/mol. The predicted molar refractivity (Wildman–Crippen MR) is 128 cm³/mol. The Morgan fingerprint density at radius 1 is 1.17 bits per heavy atom. The number of halogens is 1. The lowest BCUT2D eigenvalue weighted by molar-refractivity contribution is 0.605. The fourth-order valence-corrected chi connectivity index (χ4v) is 3.81. The van der Waals surface area contributed by atoms with Crippen molar-refractivity contribution in [1.29, 1.82) is 0 Å². The first-order valence-electron chi connectivity index (χ1n) is 10.3. The van der Waals surface area contributed by atoms with Crippen LogP contribution in [0.4, 0.5) is 0 Å². The van der Waals surface area contributed by atoms with E-state index in [1.54, 1.807) is 0 Å². The molecule has 7 nitrogen and oxygen atoms in total. The van der Waals surface area contributed by atoms with Crippen molar-refractivity contribution < 1.29 is 0 Å². The second-order valence-corrected chi connectivity index (χ2v) is 7.23. The molecule has 0 atom stereocenters. The van der Waals surface area contributed by atoms with Crippen LogP contribution < -0.4 is 10.6 Å². The number of guanidine groups is 1. The number of rotatable bonds is 6. The molecule has 0 spiro atoms. The molecule has 3 aromatic rings. The molecule has 1 aliphatic heterocycles. The number of H-pyrrole nitrogens is 1. The van der Waals surface area contributed by atoms with E-state index in [2.05, 4.69) is 67.8 Å². The Labute approximate surface area is 188 Å². The first kappa shape index (κ1) is 21.6. The highest BCUT2D eigenvalue weighted by molar-refractivity contribution is 14.0. The summed E-state index contributed by atoms with van der Waals surface area (Å²) < 4.78 is 2.26. The van der Waals surface area contributed by atoms with E-state index >= 15 is 0 Å². The van der Waals surface area contributed by atoms with Crippen LogP contribution >= 0.6 is 24.0 Å². The molecule has 3 N–H and O–H groups in total. The summed E-state index contributed by atoms with van der Waals surface area (Å²) in [4.78, 5) is 8.08. The molecule has 1 aromatic carbocycles. The molecule has 0 amide bonds. The van der Waals surface area contributed by atoms with E-state index in [-0.39, 0.29) is 24.0 Å². The second-order valence-electron chi connectivity index (χ2n) is 7.23. The fraction of sp³-hybridized carbons (Fsp3) is 0.476. The minimum absolute atomic E-state index is 0. The number of fused-ring (bicyclic) bond motifs is 2. The lowest BCUT2D eigenvalue weighted by Crippen LogP contribution is -2.38. The van der Waals surface area contributed by atoms with Gasteiger partial charge in [-0.2, -0.15) is 0 Å². The Bertz CT molecular complexity index is 944. The summed E-state index contributed by atoms with van der Waals surface area (Å²) >= 11 is 0. The van der Waals surface area contributed by atoms with Gasteiger partial charge in [0.05, 0.1) is 0 Å². The van der Waals surface area contributed by atoms with Crippen LogP contribution in [0.3, 0.4) is 0 Å². The first-order valence-corrected chi connectivity index (χ1v) is 10.3. The molecule has 1 aliphatic rings. The van der Waals surface area contributed by atoms with Crippen LogP contribution in [0.2, 0.25) is 0 Å². The van der Waals surface area contributed by atoms with Crippen molar-refractivity contribution in [2.24, 2.45) is 4.99 Å². The van der Waals surface area contributed by atoms with Crippen LogP contribution in [0, 0.1) is 0 Å². The normalized spacial score (nSPS) is 14.2. The van der Waals surface area contributed by atoms with Crippen LogP contribution in [-0.2, 0) is 25.9 Å². The van der Waals surface area contributed by atoms with Crippen molar-refractivity contribution in [3.05, 3.63) is 47.7 Å². The molecule has 0 bridgehead atoms. The van der Waals surface area contributed by atoms with E-state index in [0.717, 1.165) is 50.1 Å². The minimum atomic E-state index is 0. The average molecular weight is 507 g/mol. The third kappa shape index (κ3) is 5.29. The van der Waals surface area contributed by atoms with Gasteiger partial charge in [-0.05, 0) is 37.8 Å². The van der Waals surface area contributed by atoms with Gasteiger partial charge in [0.25, 0.3) is 0 Å². The van der Waals surface area contributed by atoms with Gasteiger partial charge in [0.1, 0.15) is 12.4 Å². The standard InChI is InChI=1S/C21H29N7.HI/c1-2-22-21(23-12-11-16-14-24-18-9-6-5-8-17(16)18)25-15-20-27-26-19-10-4-3-7-13-28(19)20;/h5-6,8-9,14,24H,2-4,7,10-13,15H2,1H3,(H2,22,23,25);1H. The Kier molecular flexibility index (Phi) is 7.91. The van der Waals surface area contributed by atoms with Crippen molar-refractivity contribution in [2.45, 2.75) is 52.1 Å². The molecule has 0 fully saturated rings. The Balaban J connectivity index is 0.00000240. The molecule has 3 heterocycles. The first-order chi connectivity index (χ1) is 13.8. The molecule has 0 aliphatic carbocycles. The van der Waals surface area contributed by atoms with Gasteiger partial charge in [-0.3, -0.25) is 0 Å². The van der Waals surface area contributed by atoms with Crippen molar-refractivity contribution in [2.75, 3.05) is 13.1 Å². The summed E-state index contributed by atoms with van der Waals surface area (Å²) in [5.74, 6) is 2.90. The molecule has 0 radical (unpaired) electrons. The number of aliphatic imine (C=N–C) groups is 1. The van der Waals surface area contributed by atoms with Crippen LogP contribution in [0.1, 0.15) is 43.4 Å². The fourth-order valence-electron chi connectivity index (χ4n) is 3.81. The molecule has 0 unspecified atom stereocenters. The SMILES string of the molecule is CCNC(=NCc1nnc2n1CCCCC2)NCCc1c[nH]c2ccccc12.I. The zero-order chi connectivity index (χ0) is 19.2. The number of nitrogens with zero attached hydrogens (tertiary/aromatic N) is 4. The van der Waals surface area contributed by atoms with Crippen molar-refractivity contribution in [1.82, 2.24) is 30.4 Å². The van der Waals surface area contributed by atoms with Crippen LogP contribution in [0.25, 0.3) is 10.9 Å². The molecule has 0 saturated carbocycles. The number of hydrogen-bond donors (Lipinski definition) is 3. The lowest BCUT2D eigenvalue weighted by Gasteiger charge is -2.11. The van der Waals surface area contributed by atoms with Crippen molar-refractivity contribution in [3.8, 4) is 0 Å². The lowest BCUT2D eigenvalue weighted by atomic mass is 10.1. The zero-order valence-electron chi connectivity index (χ0n) is 16.9. The summed E-state index contributed by atoms with van der Waals surface area (Å²) in [7, 11) is 0. The number of hydrogen-bond acceptors (Lipinski definition) is 3. The number of aryl methyl sites for hydroxylation is 1. The van der Waals surface area contributed by atoms with Gasteiger partial charge >= 0.3 is 0 Å². The summed E-state index contributed by atoms with van der Waals surface area (Å²) in [5, 5.41) is 16.8. The molecule has 156 valence electrons. The maximum absolute atomic E-state index is 4.74. The van der Waals surface area contributed by atoms with E-state index in [1.165, 1.54) is 35.7 Å². The number of para-hydroxylation sites is 1. The molecule has 4 rings (SSSR count). The third-order valence-corrected chi connectivity index (χ3v) is 5.27. The molecule has 0 saturated heterocycles. The van der Waals surface area contributed by atoms with E-state index < -0.39 is 0 Å². The molecular formula is C21H30IN7. The van der Waals surface area contributed by atoms with Gasteiger partial charge in [0.2, 0.25) is 0 Å². The van der Waals surface area contributed by atoms with Crippen molar-refractivity contribution in [3.63, 3.8) is 0 Å². The summed E-state index contributed by atoms with van der Waals surface area (Å²) in [6, 6.07) is 8.42. The maximum Gasteiger partial charge on any atom is 0.191 e. The smallest absolute Gasteiger partial charge is 0.191 e. The van der Waals surface area contributed by atoms with Crippen molar-refractivity contribution >= 4 is 40.8 Å². The Morgan fingerprint density at radius 2 is 2.07 bits per heavy atom. The predicted octanol–water partition coefficient (Wildman–Crippen LogP) is 3.40. The molecule has 2 aromatic heterocycles. The number of aromatic amines is 1. The van der Waals surface area contributed by atoms with E-state index in [9.17, 15) is 0 Å². The molecule has 29 heavy (non-hydrogen) atoms. The van der Waals surface area contributed by atoms with E-state index in [4.69, 9.17) is 4.99 Å². The van der Waals surface area contributed by atoms with Crippen LogP contribution in [0.5, 0.6) is 0 Å². The largest absolute Gasteiger partial charge is 0.361 e. The highest BCUT2D eigenvalue weighted by Crippen LogP contribution is 2.18. The molecule has 8 heteroatoms. The van der Waals surface area contributed by atoms with Gasteiger partial charge in [-0.15, -0.1) is 34.2 Å². The maximum atomic E-state index is 4.74. The van der Waals surface area contributed by atoms with Gasteiger partial charge in [0.15, 0.2) is 11.8 Å². The average Bonchev–Trinajstić information content (AvgIpc) is 3.22. The number of benzene rings is 1. The Morgan fingerprint density at radius 3 is 2.97 bits per heavy atom. The topological polar surface area (TPSA) is 82.9 Å². The summed E-state index contributed by atoms with van der Waals surface area (Å²) in [5.41, 5.74) is 2.51. The highest BCUT2D eigenvalue weighted by atomic mass is 127. The number of nitrogens with one attached hydrogen (secondary N) is 3. The monoisotopic (exact) mass is 507 g/mol. The van der Waals surface area contributed by atoms with Crippen LogP contribution in [0.15, 0.2) is 35.5 Å². The second kappa shape index (κ2) is 10.6. The Hall–Kier alpha value is -2.10. The minimum Gasteiger partial charge on any atom is -0.361 e. The van der Waals surface area contributed by atoms with Gasteiger partial charge in [-0.25, -0.2) is 4.99 Å². The number of aromatic nitrogens is 4. The highest BCUT2D eigenvalue weighted by Gasteiger charge is 2.14. The summed E-state index contributed by atoms with van der Waals surface area (Å²) in [6.45, 7) is 5.30. The third-order valence-electron chi connectivity index (χ3n) is 5.27. The van der Waals surface area contributed by atoms with Gasteiger partial charge in [-0.1, -0.05) is 24.6 Å². The van der Waals surface area contributed by atoms with Gasteiger partial charge < -0.3 is 20.2 Å². The zero-order valence-corrected chi connectivity index (χ0v) is 19.3. The quantitative estimate of drug-likeness (QED) is 0.272.